The number of rotatable bonds is 7. The van der Waals surface area contributed by atoms with Crippen molar-refractivity contribution in [2.45, 2.75) is 44.8 Å². The number of benzene rings is 2. The zero-order chi connectivity index (χ0) is 16.0. The lowest BCUT2D eigenvalue weighted by Gasteiger charge is -2.30. The lowest BCUT2D eigenvalue weighted by Crippen LogP contribution is -2.41. The standard InChI is InChI=1S/C20H27NO/c1-16(2)21-15-20(3,22)14-19(17-10-6-4-7-11-17)18-12-8-5-9-13-18/h4-13,16,19,21-22H,14-15H2,1-3H3. The van der Waals surface area contributed by atoms with Gasteiger partial charge in [0.2, 0.25) is 0 Å². The van der Waals surface area contributed by atoms with E-state index in [1.54, 1.807) is 0 Å². The van der Waals surface area contributed by atoms with Gasteiger partial charge in [0.15, 0.2) is 0 Å². The third-order valence-corrected chi connectivity index (χ3v) is 3.94. The Kier molecular flexibility index (Phi) is 5.76. The number of hydrogen-bond acceptors (Lipinski definition) is 2. The highest BCUT2D eigenvalue weighted by Crippen LogP contribution is 2.32. The molecule has 2 aromatic rings. The van der Waals surface area contributed by atoms with E-state index >= 15 is 0 Å². The highest BCUT2D eigenvalue weighted by Gasteiger charge is 2.27. The van der Waals surface area contributed by atoms with Crippen LogP contribution in [0.15, 0.2) is 60.7 Å². The summed E-state index contributed by atoms with van der Waals surface area (Å²) in [5.74, 6) is 0.200. The predicted molar refractivity (Wildman–Crippen MR) is 93.1 cm³/mol. The first kappa shape index (κ1) is 16.7. The molecule has 1 unspecified atom stereocenters. The van der Waals surface area contributed by atoms with Crippen molar-refractivity contribution in [1.29, 1.82) is 0 Å². The summed E-state index contributed by atoms with van der Waals surface area (Å²) in [6.45, 7) is 6.71. The van der Waals surface area contributed by atoms with E-state index in [4.69, 9.17) is 0 Å². The molecule has 2 nitrogen and oxygen atoms in total. The van der Waals surface area contributed by atoms with Crippen molar-refractivity contribution in [2.24, 2.45) is 0 Å². The second kappa shape index (κ2) is 7.57. The number of aliphatic hydroxyl groups is 1. The summed E-state index contributed by atoms with van der Waals surface area (Å²) in [5, 5.41) is 14.1. The molecule has 0 saturated heterocycles. The Balaban J connectivity index is 2.22. The molecule has 22 heavy (non-hydrogen) atoms. The molecule has 0 aliphatic heterocycles. The summed E-state index contributed by atoms with van der Waals surface area (Å²) in [7, 11) is 0. The van der Waals surface area contributed by atoms with Crippen LogP contribution in [0, 0.1) is 0 Å². The maximum Gasteiger partial charge on any atom is 0.0752 e. The molecular weight excluding hydrogens is 270 g/mol. The molecule has 2 aromatic carbocycles. The zero-order valence-electron chi connectivity index (χ0n) is 13.8. The SMILES string of the molecule is CC(C)NCC(C)(O)CC(c1ccccc1)c1ccccc1. The van der Waals surface area contributed by atoms with Gasteiger partial charge in [-0.1, -0.05) is 74.5 Å². The maximum absolute atomic E-state index is 10.8. The minimum atomic E-state index is -0.749. The van der Waals surface area contributed by atoms with Gasteiger partial charge in [-0.05, 0) is 24.5 Å². The molecule has 0 amide bonds. The first-order chi connectivity index (χ1) is 10.5. The van der Waals surface area contributed by atoms with Crippen LogP contribution in [-0.2, 0) is 0 Å². The highest BCUT2D eigenvalue weighted by molar-refractivity contribution is 5.32. The van der Waals surface area contributed by atoms with Crippen LogP contribution in [0.4, 0.5) is 0 Å². The molecule has 2 heteroatoms. The van der Waals surface area contributed by atoms with E-state index in [2.05, 4.69) is 67.7 Å². The maximum atomic E-state index is 10.8. The van der Waals surface area contributed by atoms with E-state index in [0.29, 0.717) is 19.0 Å². The summed E-state index contributed by atoms with van der Waals surface area (Å²) in [6.07, 6.45) is 0.695. The van der Waals surface area contributed by atoms with Crippen LogP contribution in [0.5, 0.6) is 0 Å². The van der Waals surface area contributed by atoms with E-state index in [1.165, 1.54) is 11.1 Å². The Morgan fingerprint density at radius 2 is 1.36 bits per heavy atom. The largest absolute Gasteiger partial charge is 0.389 e. The Morgan fingerprint density at radius 1 is 0.909 bits per heavy atom. The Morgan fingerprint density at radius 3 is 1.77 bits per heavy atom. The van der Waals surface area contributed by atoms with E-state index < -0.39 is 5.60 Å². The van der Waals surface area contributed by atoms with E-state index in [9.17, 15) is 5.11 Å². The molecular formula is C20H27NO. The fourth-order valence-corrected chi connectivity index (χ4v) is 2.73. The molecule has 0 aromatic heterocycles. The monoisotopic (exact) mass is 297 g/mol. The number of hydrogen-bond donors (Lipinski definition) is 2. The van der Waals surface area contributed by atoms with Gasteiger partial charge < -0.3 is 10.4 Å². The van der Waals surface area contributed by atoms with Crippen LogP contribution in [0.3, 0.4) is 0 Å². The van der Waals surface area contributed by atoms with E-state index in [1.807, 2.05) is 19.1 Å². The van der Waals surface area contributed by atoms with Gasteiger partial charge >= 0.3 is 0 Å². The number of nitrogens with one attached hydrogen (secondary N) is 1. The summed E-state index contributed by atoms with van der Waals surface area (Å²) in [5.41, 5.74) is 1.75. The lowest BCUT2D eigenvalue weighted by atomic mass is 9.82. The summed E-state index contributed by atoms with van der Waals surface area (Å²) >= 11 is 0. The summed E-state index contributed by atoms with van der Waals surface area (Å²) in [6, 6.07) is 21.3. The first-order valence-electron chi connectivity index (χ1n) is 8.03. The van der Waals surface area contributed by atoms with E-state index in [0.717, 1.165) is 0 Å². The molecule has 1 atom stereocenters. The second-order valence-electron chi connectivity index (χ2n) is 6.61. The third kappa shape index (κ3) is 4.97. The van der Waals surface area contributed by atoms with Crippen molar-refractivity contribution in [3.05, 3.63) is 71.8 Å². The quantitative estimate of drug-likeness (QED) is 0.811. The van der Waals surface area contributed by atoms with Gasteiger partial charge in [-0.15, -0.1) is 0 Å². The van der Waals surface area contributed by atoms with Crippen molar-refractivity contribution in [1.82, 2.24) is 5.32 Å². The van der Waals surface area contributed by atoms with Gasteiger partial charge in [0.05, 0.1) is 5.60 Å². The average Bonchev–Trinajstić information content (AvgIpc) is 2.53. The summed E-state index contributed by atoms with van der Waals surface area (Å²) in [4.78, 5) is 0. The Bertz CT molecular complexity index is 509. The van der Waals surface area contributed by atoms with Gasteiger partial charge in [0.25, 0.3) is 0 Å². The van der Waals surface area contributed by atoms with Crippen molar-refractivity contribution in [3.63, 3.8) is 0 Å². The van der Waals surface area contributed by atoms with Crippen molar-refractivity contribution >= 4 is 0 Å². The minimum absolute atomic E-state index is 0.200. The minimum Gasteiger partial charge on any atom is -0.389 e. The van der Waals surface area contributed by atoms with Crippen LogP contribution in [0.25, 0.3) is 0 Å². The van der Waals surface area contributed by atoms with Crippen LogP contribution in [0.1, 0.15) is 44.2 Å². The van der Waals surface area contributed by atoms with Crippen LogP contribution in [-0.4, -0.2) is 23.3 Å². The topological polar surface area (TPSA) is 32.3 Å². The molecule has 2 N–H and O–H groups in total. The van der Waals surface area contributed by atoms with E-state index in [-0.39, 0.29) is 5.92 Å². The molecule has 0 radical (unpaired) electrons. The van der Waals surface area contributed by atoms with Crippen LogP contribution < -0.4 is 5.32 Å². The first-order valence-corrected chi connectivity index (χ1v) is 8.03. The molecule has 0 bridgehead atoms. The van der Waals surface area contributed by atoms with Crippen molar-refractivity contribution in [3.8, 4) is 0 Å². The Hall–Kier alpha value is -1.64. The molecule has 0 heterocycles. The van der Waals surface area contributed by atoms with Crippen LogP contribution in [0.2, 0.25) is 0 Å². The van der Waals surface area contributed by atoms with Gasteiger partial charge in [-0.2, -0.15) is 0 Å². The Labute approximate surface area is 134 Å². The fraction of sp³-hybridized carbons (Fsp3) is 0.400. The predicted octanol–water partition coefficient (Wildman–Crippen LogP) is 3.96. The van der Waals surface area contributed by atoms with Gasteiger partial charge in [0.1, 0.15) is 0 Å². The molecule has 0 spiro atoms. The van der Waals surface area contributed by atoms with Gasteiger partial charge in [0, 0.05) is 18.5 Å². The van der Waals surface area contributed by atoms with Gasteiger partial charge in [-0.3, -0.25) is 0 Å². The molecule has 0 fully saturated rings. The fourth-order valence-electron chi connectivity index (χ4n) is 2.73. The molecule has 2 rings (SSSR count). The zero-order valence-corrected chi connectivity index (χ0v) is 13.8. The molecule has 0 aliphatic rings. The average molecular weight is 297 g/mol. The van der Waals surface area contributed by atoms with Crippen molar-refractivity contribution < 1.29 is 5.11 Å². The van der Waals surface area contributed by atoms with Crippen LogP contribution >= 0.6 is 0 Å². The third-order valence-electron chi connectivity index (χ3n) is 3.94. The highest BCUT2D eigenvalue weighted by atomic mass is 16.3. The van der Waals surface area contributed by atoms with Crippen molar-refractivity contribution in [2.75, 3.05) is 6.54 Å². The molecule has 118 valence electrons. The normalized spacial score (nSPS) is 14.3. The molecule has 0 aliphatic carbocycles. The molecule has 0 saturated carbocycles. The smallest absolute Gasteiger partial charge is 0.0752 e. The lowest BCUT2D eigenvalue weighted by molar-refractivity contribution is 0.0448. The second-order valence-corrected chi connectivity index (χ2v) is 6.61. The van der Waals surface area contributed by atoms with Gasteiger partial charge in [-0.25, -0.2) is 0 Å². The summed E-state index contributed by atoms with van der Waals surface area (Å²) < 4.78 is 0.